The van der Waals surface area contributed by atoms with E-state index in [1.807, 2.05) is 18.2 Å². The first-order valence-electron chi connectivity index (χ1n) is 18.5. The van der Waals surface area contributed by atoms with Crippen LogP contribution in [-0.4, -0.2) is 56.2 Å². The van der Waals surface area contributed by atoms with Crippen LogP contribution in [-0.2, 0) is 24.5 Å². The average Bonchev–Trinajstić information content (AvgIpc) is 3.76. The summed E-state index contributed by atoms with van der Waals surface area (Å²) in [5, 5.41) is 30.0. The van der Waals surface area contributed by atoms with Crippen molar-refractivity contribution in [3.8, 4) is 28.7 Å². The summed E-state index contributed by atoms with van der Waals surface area (Å²) in [7, 11) is 0. The van der Waals surface area contributed by atoms with Gasteiger partial charge in [0.2, 0.25) is 0 Å². The lowest BCUT2D eigenvalue weighted by molar-refractivity contribution is -0.112. The van der Waals surface area contributed by atoms with Gasteiger partial charge < -0.3 is 28.8 Å². The number of nitriles is 1. The van der Waals surface area contributed by atoms with Crippen LogP contribution in [0, 0.1) is 18.3 Å². The maximum absolute atomic E-state index is 10.1. The van der Waals surface area contributed by atoms with Crippen LogP contribution in [0.15, 0.2) is 71.4 Å². The number of oxazole rings is 1. The van der Waals surface area contributed by atoms with Gasteiger partial charge in [-0.3, -0.25) is 9.88 Å². The number of hydrogen-bond acceptors (Lipinski definition) is 10. The van der Waals surface area contributed by atoms with Crippen LogP contribution in [0.2, 0.25) is 5.02 Å². The molecule has 8 rings (SSSR count). The third-order valence-electron chi connectivity index (χ3n) is 11.0. The zero-order valence-electron chi connectivity index (χ0n) is 29.7. The van der Waals surface area contributed by atoms with E-state index < -0.39 is 6.29 Å². The molecule has 10 nitrogen and oxygen atoms in total. The molecule has 5 heterocycles. The fourth-order valence-electron chi connectivity index (χ4n) is 8.16. The summed E-state index contributed by atoms with van der Waals surface area (Å²) in [6.45, 7) is 3.69. The summed E-state index contributed by atoms with van der Waals surface area (Å²) in [6, 6.07) is 19.5. The van der Waals surface area contributed by atoms with Crippen molar-refractivity contribution in [1.82, 2.24) is 14.9 Å². The number of hydrogen-bond donors (Lipinski definition) is 2. The minimum absolute atomic E-state index is 0.178. The fraction of sp³-hybridized carbons (Fsp3) is 0.405. The molecule has 2 aromatic heterocycles. The second-order valence-electron chi connectivity index (χ2n) is 14.6. The Morgan fingerprint density at radius 2 is 1.79 bits per heavy atom. The summed E-state index contributed by atoms with van der Waals surface area (Å²) in [5.41, 5.74) is 7.89. The molecule has 3 aliphatic rings. The van der Waals surface area contributed by atoms with Gasteiger partial charge >= 0.3 is 0 Å². The third kappa shape index (κ3) is 7.77. The van der Waals surface area contributed by atoms with Gasteiger partial charge in [-0.05, 0) is 98.5 Å². The van der Waals surface area contributed by atoms with E-state index in [-0.39, 0.29) is 19.3 Å². The molecule has 3 aliphatic heterocycles. The molecule has 0 spiro atoms. The predicted molar refractivity (Wildman–Crippen MR) is 199 cm³/mol. The van der Waals surface area contributed by atoms with Gasteiger partial charge in [0.15, 0.2) is 17.8 Å². The SMILES string of the molecule is Cc1c(COc2cc(OCc3cncc(C#N)c3)c(CN3CCCC[C@H]3C(O)O)cc2Cl)cccc1-c1ccc2oc(C3CC4CCC(C3)O4)nc2c1. The predicted octanol–water partition coefficient (Wildman–Crippen LogP) is 7.97. The molecule has 2 unspecified atom stereocenters. The molecule has 2 bridgehead atoms. The number of piperidine rings is 1. The first-order chi connectivity index (χ1) is 25.8. The van der Waals surface area contributed by atoms with Crippen molar-refractivity contribution in [2.24, 2.45) is 0 Å². The summed E-state index contributed by atoms with van der Waals surface area (Å²) in [5.74, 6) is 2.14. The van der Waals surface area contributed by atoms with Crippen molar-refractivity contribution in [2.75, 3.05) is 6.54 Å². The van der Waals surface area contributed by atoms with Gasteiger partial charge in [-0.1, -0.05) is 42.3 Å². The molecule has 0 aliphatic carbocycles. The third-order valence-corrected chi connectivity index (χ3v) is 11.3. The first-order valence-corrected chi connectivity index (χ1v) is 18.9. The van der Waals surface area contributed by atoms with E-state index in [0.717, 1.165) is 95.4 Å². The van der Waals surface area contributed by atoms with Crippen molar-refractivity contribution in [1.29, 1.82) is 5.26 Å². The maximum atomic E-state index is 10.1. The smallest absolute Gasteiger partial charge is 0.198 e. The van der Waals surface area contributed by atoms with E-state index in [1.165, 1.54) is 6.20 Å². The number of aliphatic hydroxyl groups is 2. The van der Waals surface area contributed by atoms with Gasteiger partial charge in [0, 0.05) is 42.0 Å². The number of nitrogens with zero attached hydrogens (tertiary/aromatic N) is 4. The minimum atomic E-state index is -1.45. The van der Waals surface area contributed by atoms with Crippen LogP contribution < -0.4 is 9.47 Å². The number of fused-ring (bicyclic) bond motifs is 3. The van der Waals surface area contributed by atoms with Crippen LogP contribution >= 0.6 is 11.6 Å². The highest BCUT2D eigenvalue weighted by Crippen LogP contribution is 2.42. The monoisotopic (exact) mass is 734 g/mol. The molecule has 0 radical (unpaired) electrons. The quantitative estimate of drug-likeness (QED) is 0.129. The van der Waals surface area contributed by atoms with Crippen molar-refractivity contribution in [2.45, 2.75) is 102 Å². The lowest BCUT2D eigenvalue weighted by Crippen LogP contribution is -2.46. The Hall–Kier alpha value is -4.50. The highest BCUT2D eigenvalue weighted by Gasteiger charge is 2.37. The van der Waals surface area contributed by atoms with Crippen molar-refractivity contribution in [3.05, 3.63) is 106 Å². The summed E-state index contributed by atoms with van der Waals surface area (Å²) < 4.78 is 25.0. The van der Waals surface area contributed by atoms with E-state index in [4.69, 9.17) is 35.2 Å². The highest BCUT2D eigenvalue weighted by atomic mass is 35.5. The van der Waals surface area contributed by atoms with Crippen molar-refractivity contribution in [3.63, 3.8) is 0 Å². The van der Waals surface area contributed by atoms with E-state index in [0.29, 0.717) is 53.2 Å². The van der Waals surface area contributed by atoms with Crippen molar-refractivity contribution < 1.29 is 28.8 Å². The molecule has 53 heavy (non-hydrogen) atoms. The largest absolute Gasteiger partial charge is 0.488 e. The van der Waals surface area contributed by atoms with Gasteiger partial charge in [0.1, 0.15) is 36.3 Å². The Morgan fingerprint density at radius 1 is 0.962 bits per heavy atom. The topological polar surface area (TPSA) is 134 Å². The Labute approximate surface area is 313 Å². The van der Waals surface area contributed by atoms with Crippen LogP contribution in [0.3, 0.4) is 0 Å². The average molecular weight is 735 g/mol. The van der Waals surface area contributed by atoms with E-state index >= 15 is 0 Å². The number of halogens is 1. The van der Waals surface area contributed by atoms with E-state index in [1.54, 1.807) is 18.3 Å². The Morgan fingerprint density at radius 3 is 2.60 bits per heavy atom. The standard InChI is InChI=1S/C42H43ClN4O6/c1-25-29(5-4-6-34(25)28-8-11-38-36(17-28)46-41(53-38)30-14-32-9-10-33(15-30)52-32)24-51-40-18-39(50-23-27-13-26(19-44)20-45-21-27)31(16-35(40)43)22-47-12-3-2-7-37(47)42(48)49/h4-6,8,11,13,16-18,20-21,30,32-33,37,42,48-49H,2-3,7,9-10,12,14-15,22-24H2,1H3/t30?,32?,33?,37-/m0/s1. The molecule has 3 saturated heterocycles. The molecule has 3 atom stereocenters. The number of benzene rings is 3. The van der Waals surface area contributed by atoms with Crippen LogP contribution in [0.5, 0.6) is 11.5 Å². The number of rotatable bonds is 11. The lowest BCUT2D eigenvalue weighted by Gasteiger charge is -2.37. The zero-order chi connectivity index (χ0) is 36.5. The molecule has 274 valence electrons. The molecule has 0 saturated carbocycles. The van der Waals surface area contributed by atoms with E-state index in [9.17, 15) is 15.5 Å². The first kappa shape index (κ1) is 35.5. The molecule has 2 N–H and O–H groups in total. The summed E-state index contributed by atoms with van der Waals surface area (Å²) >= 11 is 6.87. The van der Waals surface area contributed by atoms with Gasteiger partial charge in [-0.2, -0.15) is 5.26 Å². The number of aliphatic hydroxyl groups excluding tert-OH is 1. The second-order valence-corrected chi connectivity index (χ2v) is 15.0. The normalized spacial score (nSPS) is 21.6. The summed E-state index contributed by atoms with van der Waals surface area (Å²) in [4.78, 5) is 11.2. The van der Waals surface area contributed by atoms with Gasteiger partial charge in [0.05, 0.1) is 28.8 Å². The number of pyridine rings is 1. The molecule has 3 aromatic carbocycles. The Balaban J connectivity index is 1.02. The maximum Gasteiger partial charge on any atom is 0.198 e. The molecule has 11 heteroatoms. The fourth-order valence-corrected chi connectivity index (χ4v) is 8.40. The zero-order valence-corrected chi connectivity index (χ0v) is 30.5. The number of likely N-dealkylation sites (tertiary alicyclic amines) is 1. The summed E-state index contributed by atoms with van der Waals surface area (Å²) in [6.07, 6.45) is 9.17. The minimum Gasteiger partial charge on any atom is -0.488 e. The Kier molecular flexibility index (Phi) is 10.4. The van der Waals surface area contributed by atoms with Crippen LogP contribution in [0.1, 0.15) is 84.6 Å². The van der Waals surface area contributed by atoms with E-state index in [2.05, 4.69) is 47.1 Å². The van der Waals surface area contributed by atoms with Gasteiger partial charge in [-0.15, -0.1) is 0 Å². The molecular formula is C42H43ClN4O6. The molecular weight excluding hydrogens is 692 g/mol. The van der Waals surface area contributed by atoms with Gasteiger partial charge in [-0.25, -0.2) is 4.98 Å². The molecule has 3 fully saturated rings. The van der Waals surface area contributed by atoms with Crippen LogP contribution in [0.4, 0.5) is 0 Å². The molecule has 5 aromatic rings. The molecule has 0 amide bonds. The van der Waals surface area contributed by atoms with Gasteiger partial charge in [0.25, 0.3) is 0 Å². The van der Waals surface area contributed by atoms with Crippen LogP contribution in [0.25, 0.3) is 22.2 Å². The second kappa shape index (κ2) is 15.5. The van der Waals surface area contributed by atoms with Crippen molar-refractivity contribution >= 4 is 22.7 Å². The number of ether oxygens (including phenoxy) is 3. The Bertz CT molecular complexity index is 2130. The number of aromatic nitrogens is 2. The lowest BCUT2D eigenvalue weighted by atomic mass is 9.95. The highest BCUT2D eigenvalue weighted by molar-refractivity contribution is 6.32.